The minimum Gasteiger partial charge on any atom is -0.487 e. The van der Waals surface area contributed by atoms with Gasteiger partial charge in [0.15, 0.2) is 0 Å². The van der Waals surface area contributed by atoms with Crippen LogP contribution in [0.4, 0.5) is 11.4 Å². The molecular weight excluding hydrogens is 358 g/mol. The summed E-state index contributed by atoms with van der Waals surface area (Å²) in [6.45, 7) is 8.70. The van der Waals surface area contributed by atoms with E-state index in [0.29, 0.717) is 25.2 Å². The van der Waals surface area contributed by atoms with E-state index in [1.165, 1.54) is 6.20 Å². The summed E-state index contributed by atoms with van der Waals surface area (Å²) in [4.78, 5) is 25.1. The second kappa shape index (κ2) is 8.48. The minimum absolute atomic E-state index is 0.191. The number of anilines is 2. The predicted molar refractivity (Wildman–Crippen MR) is 109 cm³/mol. The van der Waals surface area contributed by atoms with Gasteiger partial charge in [-0.15, -0.1) is 0 Å². The van der Waals surface area contributed by atoms with Crippen molar-refractivity contribution >= 4 is 23.7 Å². The molecule has 2 N–H and O–H groups in total. The number of nitrogens with one attached hydrogen (secondary N) is 2. The number of benzene rings is 1. The number of hydrogen-bond donors (Lipinski definition) is 2. The quantitative estimate of drug-likeness (QED) is 0.447. The van der Waals surface area contributed by atoms with E-state index in [4.69, 9.17) is 9.47 Å². The average Bonchev–Trinajstić information content (AvgIpc) is 2.97. The molecule has 2 aliphatic heterocycles. The lowest BCUT2D eigenvalue weighted by molar-refractivity contribution is -0.112. The SMILES string of the molecule is C/C(=C\C=C/NC=O)C(=O)Nc1cc2c(cc1N1CCOCC1)OC(C)(C)C2. The van der Waals surface area contributed by atoms with Gasteiger partial charge in [0.25, 0.3) is 5.91 Å². The Labute approximate surface area is 165 Å². The van der Waals surface area contributed by atoms with E-state index < -0.39 is 0 Å². The van der Waals surface area contributed by atoms with Gasteiger partial charge in [0, 0.05) is 42.9 Å². The Bertz CT molecular complexity index is 808. The molecule has 3 rings (SSSR count). The van der Waals surface area contributed by atoms with Crippen molar-refractivity contribution in [3.05, 3.63) is 41.6 Å². The zero-order chi connectivity index (χ0) is 20.1. The van der Waals surface area contributed by atoms with Crippen LogP contribution in [0.3, 0.4) is 0 Å². The molecule has 0 bridgehead atoms. The standard InChI is InChI=1S/C21H27N3O4/c1-15(5-4-6-22-14-25)20(26)23-17-11-16-13-21(2,3)28-19(16)12-18(17)24-7-9-27-10-8-24/h4-6,11-12,14H,7-10,13H2,1-3H3,(H,22,25)(H,23,26)/b6-4-,15-5+. The first kappa shape index (κ1) is 19.9. The number of allylic oxidation sites excluding steroid dienone is 2. The number of carbonyl (C=O) groups is 2. The molecule has 150 valence electrons. The molecule has 1 saturated heterocycles. The summed E-state index contributed by atoms with van der Waals surface area (Å²) in [5, 5.41) is 5.45. The minimum atomic E-state index is -0.251. The molecule has 1 aromatic rings. The Hall–Kier alpha value is -2.80. The summed E-state index contributed by atoms with van der Waals surface area (Å²) in [6.07, 6.45) is 6.11. The van der Waals surface area contributed by atoms with E-state index in [1.807, 2.05) is 12.1 Å². The molecule has 0 spiro atoms. The van der Waals surface area contributed by atoms with Gasteiger partial charge in [0.1, 0.15) is 11.4 Å². The number of fused-ring (bicyclic) bond motifs is 1. The topological polar surface area (TPSA) is 79.9 Å². The Morgan fingerprint density at radius 2 is 2.00 bits per heavy atom. The number of rotatable bonds is 6. The number of amides is 2. The zero-order valence-electron chi connectivity index (χ0n) is 16.6. The van der Waals surface area contributed by atoms with Crippen molar-refractivity contribution in [3.63, 3.8) is 0 Å². The Morgan fingerprint density at radius 3 is 2.71 bits per heavy atom. The van der Waals surface area contributed by atoms with Crippen LogP contribution in [0.1, 0.15) is 26.3 Å². The highest BCUT2D eigenvalue weighted by molar-refractivity contribution is 6.05. The molecule has 28 heavy (non-hydrogen) atoms. The van der Waals surface area contributed by atoms with Crippen LogP contribution < -0.4 is 20.3 Å². The van der Waals surface area contributed by atoms with Gasteiger partial charge in [0.2, 0.25) is 6.41 Å². The van der Waals surface area contributed by atoms with Gasteiger partial charge >= 0.3 is 0 Å². The van der Waals surface area contributed by atoms with Gasteiger partial charge in [-0.25, -0.2) is 0 Å². The molecule has 2 aliphatic rings. The van der Waals surface area contributed by atoms with E-state index in [9.17, 15) is 9.59 Å². The van der Waals surface area contributed by atoms with E-state index in [2.05, 4.69) is 29.4 Å². The molecule has 0 saturated carbocycles. The van der Waals surface area contributed by atoms with Gasteiger partial charge in [-0.3, -0.25) is 9.59 Å². The Morgan fingerprint density at radius 1 is 1.25 bits per heavy atom. The highest BCUT2D eigenvalue weighted by atomic mass is 16.5. The molecule has 1 fully saturated rings. The van der Waals surface area contributed by atoms with Crippen LogP contribution >= 0.6 is 0 Å². The first-order valence-electron chi connectivity index (χ1n) is 9.43. The monoisotopic (exact) mass is 385 g/mol. The van der Waals surface area contributed by atoms with Gasteiger partial charge in [0.05, 0.1) is 24.6 Å². The predicted octanol–water partition coefficient (Wildman–Crippen LogP) is 2.38. The number of morpholine rings is 1. The van der Waals surface area contributed by atoms with Gasteiger partial charge in [-0.2, -0.15) is 0 Å². The molecule has 0 atom stereocenters. The maximum atomic E-state index is 12.7. The largest absolute Gasteiger partial charge is 0.487 e. The fraction of sp³-hybridized carbons (Fsp3) is 0.429. The molecular formula is C21H27N3O4. The zero-order valence-corrected chi connectivity index (χ0v) is 16.6. The summed E-state index contributed by atoms with van der Waals surface area (Å²) in [7, 11) is 0. The second-order valence-corrected chi connectivity index (χ2v) is 7.56. The number of carbonyl (C=O) groups excluding carboxylic acids is 2. The van der Waals surface area contributed by atoms with Gasteiger partial charge in [-0.05, 0) is 32.9 Å². The molecule has 7 heteroatoms. The smallest absolute Gasteiger partial charge is 0.251 e. The third kappa shape index (κ3) is 4.72. The van der Waals surface area contributed by atoms with Crippen molar-refractivity contribution in [1.82, 2.24) is 5.32 Å². The summed E-state index contributed by atoms with van der Waals surface area (Å²) < 4.78 is 11.5. The molecule has 0 aromatic heterocycles. The fourth-order valence-corrected chi connectivity index (χ4v) is 3.39. The highest BCUT2D eigenvalue weighted by Crippen LogP contribution is 2.41. The molecule has 2 heterocycles. The average molecular weight is 385 g/mol. The van der Waals surface area contributed by atoms with E-state index >= 15 is 0 Å². The molecule has 0 unspecified atom stereocenters. The first-order valence-corrected chi connectivity index (χ1v) is 9.43. The van der Waals surface area contributed by atoms with Crippen molar-refractivity contribution in [3.8, 4) is 5.75 Å². The maximum absolute atomic E-state index is 12.7. The summed E-state index contributed by atoms with van der Waals surface area (Å²) in [5.74, 6) is 0.683. The van der Waals surface area contributed by atoms with Crippen LogP contribution in [-0.4, -0.2) is 44.2 Å². The van der Waals surface area contributed by atoms with Crippen LogP contribution in [-0.2, 0) is 20.7 Å². The maximum Gasteiger partial charge on any atom is 0.251 e. The van der Waals surface area contributed by atoms with Crippen LogP contribution in [0.15, 0.2) is 36.1 Å². The van der Waals surface area contributed by atoms with E-state index in [1.54, 1.807) is 19.1 Å². The molecule has 0 radical (unpaired) electrons. The number of hydrogen-bond acceptors (Lipinski definition) is 5. The van der Waals surface area contributed by atoms with E-state index in [-0.39, 0.29) is 11.5 Å². The first-order chi connectivity index (χ1) is 13.4. The molecule has 2 amide bonds. The van der Waals surface area contributed by atoms with Crippen molar-refractivity contribution in [2.24, 2.45) is 0 Å². The van der Waals surface area contributed by atoms with E-state index in [0.717, 1.165) is 42.2 Å². The lowest BCUT2D eigenvalue weighted by Gasteiger charge is -2.31. The molecule has 7 nitrogen and oxygen atoms in total. The van der Waals surface area contributed by atoms with Crippen LogP contribution in [0, 0.1) is 0 Å². The van der Waals surface area contributed by atoms with Crippen molar-refractivity contribution < 1.29 is 19.1 Å². The number of nitrogens with zero attached hydrogens (tertiary/aromatic N) is 1. The molecule has 0 aliphatic carbocycles. The van der Waals surface area contributed by atoms with Gasteiger partial charge in [-0.1, -0.05) is 6.08 Å². The second-order valence-electron chi connectivity index (χ2n) is 7.56. The highest BCUT2D eigenvalue weighted by Gasteiger charge is 2.32. The van der Waals surface area contributed by atoms with Crippen LogP contribution in [0.25, 0.3) is 0 Å². The lowest BCUT2D eigenvalue weighted by Crippen LogP contribution is -2.36. The third-order valence-electron chi connectivity index (χ3n) is 4.75. The summed E-state index contributed by atoms with van der Waals surface area (Å²) >= 11 is 0. The lowest BCUT2D eigenvalue weighted by atomic mass is 10.0. The van der Waals surface area contributed by atoms with Crippen molar-refractivity contribution in [2.45, 2.75) is 32.8 Å². The van der Waals surface area contributed by atoms with Gasteiger partial charge < -0.3 is 25.0 Å². The molecule has 1 aromatic carbocycles. The normalized spacial score (nSPS) is 18.5. The Kier molecular flexibility index (Phi) is 6.04. The number of ether oxygens (including phenoxy) is 2. The Balaban J connectivity index is 1.86. The van der Waals surface area contributed by atoms with Crippen molar-refractivity contribution in [1.29, 1.82) is 0 Å². The van der Waals surface area contributed by atoms with Crippen LogP contribution in [0.5, 0.6) is 5.75 Å². The summed E-state index contributed by atoms with van der Waals surface area (Å²) in [6, 6.07) is 4.04. The van der Waals surface area contributed by atoms with Crippen molar-refractivity contribution in [2.75, 3.05) is 36.5 Å². The summed E-state index contributed by atoms with van der Waals surface area (Å²) in [5.41, 5.74) is 3.09. The fourth-order valence-electron chi connectivity index (χ4n) is 3.39. The third-order valence-corrected chi connectivity index (χ3v) is 4.75. The van der Waals surface area contributed by atoms with Crippen LogP contribution in [0.2, 0.25) is 0 Å².